The molecule has 0 saturated heterocycles. The molecule has 40 heavy (non-hydrogen) atoms. The molecule has 0 radical (unpaired) electrons. The van der Waals surface area contributed by atoms with Crippen molar-refractivity contribution < 1.29 is 18.7 Å². The number of thioether (sulfide) groups is 1. The molecule has 0 fully saturated rings. The van der Waals surface area contributed by atoms with Crippen molar-refractivity contribution in [3.63, 3.8) is 0 Å². The second kappa shape index (κ2) is 10.7. The molecule has 1 aliphatic rings. The summed E-state index contributed by atoms with van der Waals surface area (Å²) in [7, 11) is 3.30. The van der Waals surface area contributed by atoms with Crippen LogP contribution in [0.2, 0.25) is 0 Å². The molecule has 1 aliphatic heterocycles. The maximum absolute atomic E-state index is 13.3. The molecule has 0 aliphatic carbocycles. The first-order valence-electron chi connectivity index (χ1n) is 13.1. The van der Waals surface area contributed by atoms with Crippen molar-refractivity contribution >= 4 is 39.9 Å². The molecule has 200 valence electrons. The smallest absolute Gasteiger partial charge is 0.228 e. The molecule has 0 bridgehead atoms. The van der Waals surface area contributed by atoms with Crippen LogP contribution in [-0.2, 0) is 0 Å². The molecular weight excluding hydrogens is 518 g/mol. The van der Waals surface area contributed by atoms with Crippen LogP contribution in [0, 0.1) is 13.8 Å². The molecule has 1 atom stereocenters. The summed E-state index contributed by atoms with van der Waals surface area (Å²) in [6.45, 7) is 3.95. The van der Waals surface area contributed by atoms with Crippen molar-refractivity contribution in [3.05, 3.63) is 119 Å². The fourth-order valence-corrected chi connectivity index (χ4v) is 6.31. The number of furan rings is 1. The van der Waals surface area contributed by atoms with Crippen LogP contribution in [0.5, 0.6) is 11.5 Å². The molecule has 4 aromatic carbocycles. The number of ether oxygens (including phenoxy) is 2. The minimum absolute atomic E-state index is 0.110. The molecule has 5 nitrogen and oxygen atoms in total. The SMILES string of the molecule is COc1ccc([C@H]2CC(c3ccc4oc(C(=O)c5ccc(C)cc5)c(C)c4c3)=Nc3ccccc3S2)cc1OC. The van der Waals surface area contributed by atoms with Gasteiger partial charge in [-0.25, -0.2) is 0 Å². The van der Waals surface area contributed by atoms with E-state index in [9.17, 15) is 4.79 Å². The highest BCUT2D eigenvalue weighted by atomic mass is 32.2. The zero-order valence-electron chi connectivity index (χ0n) is 22.9. The summed E-state index contributed by atoms with van der Waals surface area (Å²) in [5.74, 6) is 1.68. The monoisotopic (exact) mass is 547 g/mol. The number of aryl methyl sites for hydroxylation is 2. The van der Waals surface area contributed by atoms with Crippen molar-refractivity contribution in [2.75, 3.05) is 14.2 Å². The Morgan fingerprint density at radius 2 is 1.68 bits per heavy atom. The van der Waals surface area contributed by atoms with Gasteiger partial charge in [0.2, 0.25) is 5.78 Å². The Labute approximate surface area is 237 Å². The van der Waals surface area contributed by atoms with Gasteiger partial charge in [-0.2, -0.15) is 0 Å². The fraction of sp³-hybridized carbons (Fsp3) is 0.176. The number of carbonyl (C=O) groups excluding carboxylic acids is 1. The van der Waals surface area contributed by atoms with Crippen molar-refractivity contribution in [2.45, 2.75) is 30.4 Å². The largest absolute Gasteiger partial charge is 0.493 e. The van der Waals surface area contributed by atoms with Gasteiger partial charge in [-0.1, -0.05) is 48.0 Å². The molecular formula is C34H29NO4S. The normalized spacial score (nSPS) is 14.8. The first-order valence-corrected chi connectivity index (χ1v) is 14.0. The fourth-order valence-electron chi connectivity index (χ4n) is 5.09. The van der Waals surface area contributed by atoms with Crippen LogP contribution in [0.1, 0.15) is 50.0 Å². The lowest BCUT2D eigenvalue weighted by molar-refractivity contribution is 0.101. The molecule has 5 aromatic rings. The summed E-state index contributed by atoms with van der Waals surface area (Å²) in [4.78, 5) is 19.5. The van der Waals surface area contributed by atoms with Gasteiger partial charge in [0.05, 0.1) is 19.9 Å². The van der Waals surface area contributed by atoms with Crippen molar-refractivity contribution in [1.82, 2.24) is 0 Å². The third-order valence-corrected chi connectivity index (χ3v) is 8.66. The predicted octanol–water partition coefficient (Wildman–Crippen LogP) is 8.66. The van der Waals surface area contributed by atoms with Crippen LogP contribution < -0.4 is 9.47 Å². The average molecular weight is 548 g/mol. The second-order valence-electron chi connectivity index (χ2n) is 9.91. The van der Waals surface area contributed by atoms with E-state index in [0.29, 0.717) is 34.8 Å². The van der Waals surface area contributed by atoms with Gasteiger partial charge in [-0.3, -0.25) is 9.79 Å². The summed E-state index contributed by atoms with van der Waals surface area (Å²) in [5.41, 5.74) is 7.33. The Morgan fingerprint density at radius 1 is 0.900 bits per heavy atom. The van der Waals surface area contributed by atoms with E-state index in [4.69, 9.17) is 18.9 Å². The van der Waals surface area contributed by atoms with E-state index in [0.717, 1.165) is 43.9 Å². The van der Waals surface area contributed by atoms with Crippen molar-refractivity contribution in [3.8, 4) is 11.5 Å². The number of fused-ring (bicyclic) bond motifs is 2. The van der Waals surface area contributed by atoms with Crippen LogP contribution in [0.25, 0.3) is 11.0 Å². The Morgan fingerprint density at radius 3 is 2.45 bits per heavy atom. The zero-order valence-corrected chi connectivity index (χ0v) is 23.7. The molecule has 0 amide bonds. The number of hydrogen-bond acceptors (Lipinski definition) is 6. The molecule has 1 aromatic heterocycles. The molecule has 0 unspecified atom stereocenters. The zero-order chi connectivity index (χ0) is 27.8. The van der Waals surface area contributed by atoms with Gasteiger partial charge in [0.1, 0.15) is 5.58 Å². The van der Waals surface area contributed by atoms with Crippen molar-refractivity contribution in [2.24, 2.45) is 4.99 Å². The maximum Gasteiger partial charge on any atom is 0.228 e. The standard InChI is InChI=1S/C34H29NO4S/c1-20-9-11-22(12-10-20)33(36)34-21(2)25-17-23(13-15-28(25)39-34)27-19-32(40-31-8-6-5-7-26(31)35-27)24-14-16-29(37-3)30(18-24)38-4/h5-18,32H,19H2,1-4H3/t32-/m1/s1. The average Bonchev–Trinajstić information content (AvgIpc) is 3.18. The number of carbonyl (C=O) groups is 1. The van der Waals surface area contributed by atoms with Gasteiger partial charge in [0.15, 0.2) is 17.3 Å². The number of nitrogens with zero attached hydrogens (tertiary/aromatic N) is 1. The lowest BCUT2D eigenvalue weighted by Gasteiger charge is -2.18. The highest BCUT2D eigenvalue weighted by Gasteiger charge is 2.25. The van der Waals surface area contributed by atoms with E-state index < -0.39 is 0 Å². The molecule has 0 spiro atoms. The highest BCUT2D eigenvalue weighted by Crippen LogP contribution is 2.47. The topological polar surface area (TPSA) is 61.0 Å². The third kappa shape index (κ3) is 4.80. The second-order valence-corrected chi connectivity index (χ2v) is 11.2. The van der Waals surface area contributed by atoms with Gasteiger partial charge in [-0.15, -0.1) is 11.8 Å². The van der Waals surface area contributed by atoms with Gasteiger partial charge in [0, 0.05) is 38.8 Å². The van der Waals surface area contributed by atoms with Crippen LogP contribution in [0.3, 0.4) is 0 Å². The summed E-state index contributed by atoms with van der Waals surface area (Å²) >= 11 is 1.80. The number of aliphatic imine (C=N–C) groups is 1. The van der Waals surface area contributed by atoms with E-state index in [-0.39, 0.29) is 11.0 Å². The van der Waals surface area contributed by atoms with Crippen LogP contribution in [-0.4, -0.2) is 25.7 Å². The first-order chi connectivity index (χ1) is 19.4. The number of para-hydroxylation sites is 1. The predicted molar refractivity (Wildman–Crippen MR) is 161 cm³/mol. The Hall–Kier alpha value is -4.29. The highest BCUT2D eigenvalue weighted by molar-refractivity contribution is 7.99. The van der Waals surface area contributed by atoms with E-state index in [2.05, 4.69) is 30.3 Å². The summed E-state index contributed by atoms with van der Waals surface area (Å²) < 4.78 is 17.2. The minimum atomic E-state index is -0.110. The summed E-state index contributed by atoms with van der Waals surface area (Å²) in [6.07, 6.45) is 0.715. The van der Waals surface area contributed by atoms with Crippen LogP contribution in [0.15, 0.2) is 99.2 Å². The Kier molecular flexibility index (Phi) is 6.95. The van der Waals surface area contributed by atoms with E-state index in [1.165, 1.54) is 0 Å². The Bertz CT molecular complexity index is 1770. The summed E-state index contributed by atoms with van der Waals surface area (Å²) in [6, 6.07) is 28.0. The van der Waals surface area contributed by atoms with Gasteiger partial charge in [-0.05, 0) is 67.4 Å². The lowest BCUT2D eigenvalue weighted by atomic mass is 9.98. The number of hydrogen-bond donors (Lipinski definition) is 0. The minimum Gasteiger partial charge on any atom is -0.493 e. The van der Waals surface area contributed by atoms with E-state index >= 15 is 0 Å². The Balaban J connectivity index is 1.41. The maximum atomic E-state index is 13.3. The van der Waals surface area contributed by atoms with Crippen LogP contribution in [0.4, 0.5) is 5.69 Å². The molecule has 6 heteroatoms. The number of ketones is 1. The van der Waals surface area contributed by atoms with Gasteiger partial charge >= 0.3 is 0 Å². The molecule has 0 saturated carbocycles. The molecule has 6 rings (SSSR count). The summed E-state index contributed by atoms with van der Waals surface area (Å²) in [5, 5.41) is 1.03. The van der Waals surface area contributed by atoms with Gasteiger partial charge in [0.25, 0.3) is 0 Å². The van der Waals surface area contributed by atoms with Crippen LogP contribution >= 0.6 is 11.8 Å². The number of rotatable bonds is 6. The first kappa shape index (κ1) is 26.0. The molecule has 0 N–H and O–H groups in total. The van der Waals surface area contributed by atoms with E-state index in [1.807, 2.05) is 68.4 Å². The quantitative estimate of drug-likeness (QED) is 0.199. The molecule has 2 heterocycles. The lowest BCUT2D eigenvalue weighted by Crippen LogP contribution is -2.06. The van der Waals surface area contributed by atoms with Crippen molar-refractivity contribution in [1.29, 1.82) is 0 Å². The third-order valence-electron chi connectivity index (χ3n) is 7.34. The van der Waals surface area contributed by atoms with Gasteiger partial charge < -0.3 is 13.9 Å². The number of methoxy groups -OCH3 is 2. The number of benzene rings is 4. The van der Waals surface area contributed by atoms with E-state index in [1.54, 1.807) is 26.0 Å².